The first-order valence-electron chi connectivity index (χ1n) is 6.69. The Bertz CT molecular complexity index is 757. The average molecular weight is 319 g/mol. The van der Waals surface area contributed by atoms with Gasteiger partial charge in [-0.3, -0.25) is 0 Å². The minimum atomic E-state index is 0.753. The van der Waals surface area contributed by atoms with Crippen LogP contribution in [0.2, 0.25) is 5.02 Å². The molecule has 1 aromatic heterocycles. The fourth-order valence-corrected chi connectivity index (χ4v) is 3.39. The zero-order valence-corrected chi connectivity index (χ0v) is 13.2. The Morgan fingerprint density at radius 3 is 2.86 bits per heavy atom. The number of nitrogens with one attached hydrogen (secondary N) is 1. The molecule has 1 N–H and O–H groups in total. The molecule has 0 atom stereocenters. The second-order valence-electron chi connectivity index (χ2n) is 4.60. The summed E-state index contributed by atoms with van der Waals surface area (Å²) in [5.74, 6) is 0.923. The van der Waals surface area contributed by atoms with Crippen LogP contribution in [0, 0.1) is 0 Å². The van der Waals surface area contributed by atoms with Gasteiger partial charge in [-0.2, -0.15) is 0 Å². The highest BCUT2D eigenvalue weighted by Crippen LogP contribution is 2.31. The minimum absolute atomic E-state index is 0.753. The summed E-state index contributed by atoms with van der Waals surface area (Å²) in [6.07, 6.45) is 0.883. The topological polar surface area (TPSA) is 34.1 Å². The van der Waals surface area contributed by atoms with Crippen LogP contribution >= 0.6 is 22.9 Å². The molecule has 3 aromatic rings. The Morgan fingerprint density at radius 2 is 2.05 bits per heavy atom. The number of thiazole rings is 1. The van der Waals surface area contributed by atoms with E-state index in [0.29, 0.717) is 0 Å². The van der Waals surface area contributed by atoms with Gasteiger partial charge < -0.3 is 10.1 Å². The van der Waals surface area contributed by atoms with Gasteiger partial charge in [0, 0.05) is 6.54 Å². The molecular formula is C16H15ClN2OS. The molecule has 3 nitrogen and oxygen atoms in total. The maximum atomic E-state index is 6.17. The SMILES string of the molecule is COc1ccccc1CCNc1nc2cccc(Cl)c2s1. The fraction of sp³-hybridized carbons (Fsp3) is 0.188. The number of ether oxygens (including phenoxy) is 1. The van der Waals surface area contributed by atoms with Crippen molar-refractivity contribution in [1.82, 2.24) is 4.98 Å². The predicted molar refractivity (Wildman–Crippen MR) is 89.8 cm³/mol. The van der Waals surface area contributed by atoms with Gasteiger partial charge in [-0.05, 0) is 30.2 Å². The van der Waals surface area contributed by atoms with E-state index in [1.54, 1.807) is 18.4 Å². The number of methoxy groups -OCH3 is 1. The Morgan fingerprint density at radius 1 is 1.19 bits per heavy atom. The van der Waals surface area contributed by atoms with Crippen molar-refractivity contribution >= 4 is 38.3 Å². The average Bonchev–Trinajstić information content (AvgIpc) is 2.92. The van der Waals surface area contributed by atoms with E-state index in [1.807, 2.05) is 36.4 Å². The molecule has 0 aliphatic rings. The molecule has 3 rings (SSSR count). The van der Waals surface area contributed by atoms with E-state index in [1.165, 1.54) is 5.56 Å². The Labute approximate surface area is 132 Å². The highest BCUT2D eigenvalue weighted by molar-refractivity contribution is 7.22. The summed E-state index contributed by atoms with van der Waals surface area (Å²) in [7, 11) is 1.70. The van der Waals surface area contributed by atoms with Crippen molar-refractivity contribution in [2.45, 2.75) is 6.42 Å². The Kier molecular flexibility index (Phi) is 4.27. The summed E-state index contributed by atoms with van der Waals surface area (Å²) in [6.45, 7) is 0.803. The van der Waals surface area contributed by atoms with Gasteiger partial charge >= 0.3 is 0 Å². The number of para-hydroxylation sites is 1. The molecule has 0 radical (unpaired) electrons. The van der Waals surface area contributed by atoms with Crippen LogP contribution in [0.1, 0.15) is 5.56 Å². The zero-order valence-electron chi connectivity index (χ0n) is 11.6. The van der Waals surface area contributed by atoms with Gasteiger partial charge in [-0.15, -0.1) is 0 Å². The lowest BCUT2D eigenvalue weighted by Crippen LogP contribution is -2.05. The van der Waals surface area contributed by atoms with E-state index in [2.05, 4.69) is 16.4 Å². The highest BCUT2D eigenvalue weighted by Gasteiger charge is 2.07. The van der Waals surface area contributed by atoms with Crippen molar-refractivity contribution in [2.24, 2.45) is 0 Å². The van der Waals surface area contributed by atoms with Crippen LogP contribution < -0.4 is 10.1 Å². The number of aromatic nitrogens is 1. The van der Waals surface area contributed by atoms with Crippen LogP contribution in [-0.2, 0) is 6.42 Å². The number of halogens is 1. The maximum Gasteiger partial charge on any atom is 0.183 e. The molecule has 1 heterocycles. The summed E-state index contributed by atoms with van der Waals surface area (Å²) in [6, 6.07) is 13.8. The Hall–Kier alpha value is -1.78. The molecular weight excluding hydrogens is 304 g/mol. The van der Waals surface area contributed by atoms with Crippen LogP contribution in [-0.4, -0.2) is 18.6 Å². The first kappa shape index (κ1) is 14.2. The number of rotatable bonds is 5. The standard InChI is InChI=1S/C16H15ClN2OS/c1-20-14-8-3-2-5-11(14)9-10-18-16-19-13-7-4-6-12(17)15(13)21-16/h2-8H,9-10H2,1H3,(H,18,19). The van der Waals surface area contributed by atoms with Crippen molar-refractivity contribution in [2.75, 3.05) is 19.0 Å². The van der Waals surface area contributed by atoms with Crippen LogP contribution in [0.25, 0.3) is 10.2 Å². The van der Waals surface area contributed by atoms with Gasteiger partial charge in [-0.1, -0.05) is 47.2 Å². The highest BCUT2D eigenvalue weighted by atomic mass is 35.5. The monoisotopic (exact) mass is 318 g/mol. The van der Waals surface area contributed by atoms with E-state index >= 15 is 0 Å². The molecule has 0 aliphatic heterocycles. The van der Waals surface area contributed by atoms with Crippen LogP contribution in [0.5, 0.6) is 5.75 Å². The molecule has 5 heteroatoms. The fourth-order valence-electron chi connectivity index (χ4n) is 2.20. The van der Waals surface area contributed by atoms with Gasteiger partial charge in [0.05, 0.1) is 22.3 Å². The summed E-state index contributed by atoms with van der Waals surface area (Å²) < 4.78 is 6.38. The van der Waals surface area contributed by atoms with Gasteiger partial charge in [-0.25, -0.2) is 4.98 Å². The maximum absolute atomic E-state index is 6.17. The summed E-state index contributed by atoms with van der Waals surface area (Å²) in [5.41, 5.74) is 2.12. The van der Waals surface area contributed by atoms with Crippen molar-refractivity contribution < 1.29 is 4.74 Å². The zero-order chi connectivity index (χ0) is 14.7. The molecule has 108 valence electrons. The minimum Gasteiger partial charge on any atom is -0.496 e. The first-order valence-corrected chi connectivity index (χ1v) is 7.88. The van der Waals surface area contributed by atoms with Crippen LogP contribution in [0.15, 0.2) is 42.5 Å². The van der Waals surface area contributed by atoms with Gasteiger partial charge in [0.2, 0.25) is 0 Å². The lowest BCUT2D eigenvalue weighted by Gasteiger charge is -2.08. The van der Waals surface area contributed by atoms with E-state index in [9.17, 15) is 0 Å². The molecule has 21 heavy (non-hydrogen) atoms. The van der Waals surface area contributed by atoms with Gasteiger partial charge in [0.25, 0.3) is 0 Å². The lowest BCUT2D eigenvalue weighted by molar-refractivity contribution is 0.410. The lowest BCUT2D eigenvalue weighted by atomic mass is 10.1. The molecule has 0 saturated heterocycles. The number of anilines is 1. The third-order valence-corrected chi connectivity index (χ3v) is 4.72. The molecule has 0 unspecified atom stereocenters. The molecule has 0 amide bonds. The molecule has 2 aromatic carbocycles. The van der Waals surface area contributed by atoms with Crippen molar-refractivity contribution in [1.29, 1.82) is 0 Å². The number of hydrogen-bond acceptors (Lipinski definition) is 4. The van der Waals surface area contributed by atoms with Gasteiger partial charge in [0.15, 0.2) is 5.13 Å². The van der Waals surface area contributed by atoms with E-state index in [0.717, 1.165) is 39.1 Å². The molecule has 0 saturated carbocycles. The first-order chi connectivity index (χ1) is 10.3. The van der Waals surface area contributed by atoms with E-state index in [4.69, 9.17) is 16.3 Å². The van der Waals surface area contributed by atoms with E-state index in [-0.39, 0.29) is 0 Å². The van der Waals surface area contributed by atoms with E-state index < -0.39 is 0 Å². The summed E-state index contributed by atoms with van der Waals surface area (Å²) >= 11 is 7.75. The molecule has 0 bridgehead atoms. The quantitative estimate of drug-likeness (QED) is 0.745. The Balaban J connectivity index is 1.68. The largest absolute Gasteiger partial charge is 0.496 e. The number of nitrogens with zero attached hydrogens (tertiary/aromatic N) is 1. The summed E-state index contributed by atoms with van der Waals surface area (Å²) in [4.78, 5) is 4.54. The van der Waals surface area contributed by atoms with Crippen molar-refractivity contribution in [3.63, 3.8) is 0 Å². The third-order valence-electron chi connectivity index (χ3n) is 3.23. The second-order valence-corrected chi connectivity index (χ2v) is 6.00. The number of fused-ring (bicyclic) bond motifs is 1. The third kappa shape index (κ3) is 3.12. The normalized spacial score (nSPS) is 10.8. The van der Waals surface area contributed by atoms with Crippen LogP contribution in [0.3, 0.4) is 0 Å². The van der Waals surface area contributed by atoms with Crippen LogP contribution in [0.4, 0.5) is 5.13 Å². The molecule has 0 fully saturated rings. The smallest absolute Gasteiger partial charge is 0.183 e. The number of benzene rings is 2. The molecule has 0 spiro atoms. The van der Waals surface area contributed by atoms with Crippen molar-refractivity contribution in [3.8, 4) is 5.75 Å². The number of hydrogen-bond donors (Lipinski definition) is 1. The van der Waals surface area contributed by atoms with Gasteiger partial charge in [0.1, 0.15) is 5.75 Å². The summed E-state index contributed by atoms with van der Waals surface area (Å²) in [5, 5.41) is 5.00. The molecule has 0 aliphatic carbocycles. The predicted octanol–water partition coefficient (Wildman–Crippen LogP) is 4.61. The van der Waals surface area contributed by atoms with Crippen molar-refractivity contribution in [3.05, 3.63) is 53.1 Å². The second kappa shape index (κ2) is 6.33.